The number of rotatable bonds is 6. The summed E-state index contributed by atoms with van der Waals surface area (Å²) in [5.74, 6) is -0.447. The topological polar surface area (TPSA) is 71.1 Å². The zero-order chi connectivity index (χ0) is 15.3. The van der Waals surface area contributed by atoms with Crippen molar-refractivity contribution in [1.29, 1.82) is 0 Å². The number of aromatic nitrogens is 1. The van der Waals surface area contributed by atoms with E-state index in [0.717, 1.165) is 5.56 Å². The van der Waals surface area contributed by atoms with E-state index >= 15 is 0 Å². The SMILES string of the molecule is CNCc1ccc(S(=O)(=O)NCc2ccccc2F)nc1. The molecule has 1 heterocycles. The number of hydrogen-bond acceptors (Lipinski definition) is 4. The molecule has 112 valence electrons. The van der Waals surface area contributed by atoms with Crippen LogP contribution in [0.4, 0.5) is 4.39 Å². The van der Waals surface area contributed by atoms with E-state index < -0.39 is 15.8 Å². The molecule has 0 saturated heterocycles. The summed E-state index contributed by atoms with van der Waals surface area (Å²) in [6.45, 7) is 0.491. The van der Waals surface area contributed by atoms with Gasteiger partial charge >= 0.3 is 0 Å². The van der Waals surface area contributed by atoms with Crippen LogP contribution in [0.1, 0.15) is 11.1 Å². The maximum atomic E-state index is 13.4. The first-order valence-corrected chi connectivity index (χ1v) is 7.84. The normalized spacial score (nSPS) is 11.5. The Morgan fingerprint density at radius 1 is 1.14 bits per heavy atom. The highest BCUT2D eigenvalue weighted by Gasteiger charge is 2.16. The minimum atomic E-state index is -3.76. The zero-order valence-corrected chi connectivity index (χ0v) is 12.3. The molecule has 0 bridgehead atoms. The van der Waals surface area contributed by atoms with E-state index in [1.165, 1.54) is 24.4 Å². The lowest BCUT2D eigenvalue weighted by Crippen LogP contribution is -2.24. The van der Waals surface area contributed by atoms with Gasteiger partial charge in [0.15, 0.2) is 5.03 Å². The third-order valence-electron chi connectivity index (χ3n) is 2.86. The first kappa shape index (κ1) is 15.6. The van der Waals surface area contributed by atoms with E-state index in [9.17, 15) is 12.8 Å². The molecule has 7 heteroatoms. The Morgan fingerprint density at radius 3 is 2.52 bits per heavy atom. The Bertz CT molecular complexity index is 702. The monoisotopic (exact) mass is 309 g/mol. The number of pyridine rings is 1. The van der Waals surface area contributed by atoms with Gasteiger partial charge in [-0.2, -0.15) is 0 Å². The Labute approximate surface area is 123 Å². The molecule has 0 aliphatic carbocycles. The van der Waals surface area contributed by atoms with Crippen molar-refractivity contribution in [1.82, 2.24) is 15.0 Å². The van der Waals surface area contributed by atoms with Gasteiger partial charge in [0.25, 0.3) is 10.0 Å². The number of hydrogen-bond donors (Lipinski definition) is 2. The van der Waals surface area contributed by atoms with Gasteiger partial charge in [-0.25, -0.2) is 22.5 Å². The smallest absolute Gasteiger partial charge is 0.258 e. The van der Waals surface area contributed by atoms with E-state index in [-0.39, 0.29) is 17.1 Å². The van der Waals surface area contributed by atoms with Crippen molar-refractivity contribution in [2.75, 3.05) is 7.05 Å². The molecule has 0 aliphatic heterocycles. The Morgan fingerprint density at radius 2 is 1.90 bits per heavy atom. The lowest BCUT2D eigenvalue weighted by atomic mass is 10.2. The molecule has 1 aromatic heterocycles. The van der Waals surface area contributed by atoms with Crippen LogP contribution in [0.3, 0.4) is 0 Å². The number of benzene rings is 1. The highest BCUT2D eigenvalue weighted by Crippen LogP contribution is 2.10. The van der Waals surface area contributed by atoms with Crippen LogP contribution in [0.5, 0.6) is 0 Å². The summed E-state index contributed by atoms with van der Waals surface area (Å²) < 4.78 is 39.9. The van der Waals surface area contributed by atoms with E-state index in [1.807, 2.05) is 0 Å². The van der Waals surface area contributed by atoms with Gasteiger partial charge in [-0.05, 0) is 24.7 Å². The van der Waals surface area contributed by atoms with Crippen LogP contribution in [0, 0.1) is 5.82 Å². The van der Waals surface area contributed by atoms with Gasteiger partial charge in [0, 0.05) is 24.8 Å². The van der Waals surface area contributed by atoms with E-state index in [2.05, 4.69) is 15.0 Å². The zero-order valence-electron chi connectivity index (χ0n) is 11.5. The van der Waals surface area contributed by atoms with Crippen LogP contribution in [-0.4, -0.2) is 20.4 Å². The molecule has 2 rings (SSSR count). The predicted molar refractivity (Wildman–Crippen MR) is 77.4 cm³/mol. The number of nitrogens with one attached hydrogen (secondary N) is 2. The predicted octanol–water partition coefficient (Wildman–Crippen LogP) is 1.42. The third kappa shape index (κ3) is 4.07. The van der Waals surface area contributed by atoms with Crippen molar-refractivity contribution < 1.29 is 12.8 Å². The molecule has 0 spiro atoms. The van der Waals surface area contributed by atoms with Crippen LogP contribution in [-0.2, 0) is 23.1 Å². The van der Waals surface area contributed by atoms with Crippen molar-refractivity contribution in [3.63, 3.8) is 0 Å². The second kappa shape index (κ2) is 6.75. The summed E-state index contributed by atoms with van der Waals surface area (Å²) in [7, 11) is -1.96. The number of sulfonamides is 1. The largest absolute Gasteiger partial charge is 0.316 e. The Hall–Kier alpha value is -1.83. The highest BCUT2D eigenvalue weighted by molar-refractivity contribution is 7.89. The lowest BCUT2D eigenvalue weighted by molar-refractivity contribution is 0.571. The average Bonchev–Trinajstić information content (AvgIpc) is 2.47. The molecule has 0 saturated carbocycles. The van der Waals surface area contributed by atoms with Gasteiger partial charge in [-0.1, -0.05) is 24.3 Å². The molecule has 0 radical (unpaired) electrons. The molecule has 0 fully saturated rings. The van der Waals surface area contributed by atoms with Crippen LogP contribution < -0.4 is 10.0 Å². The van der Waals surface area contributed by atoms with Crippen LogP contribution in [0.15, 0.2) is 47.6 Å². The molecular weight excluding hydrogens is 293 g/mol. The van der Waals surface area contributed by atoms with Gasteiger partial charge in [-0.15, -0.1) is 0 Å². The van der Waals surface area contributed by atoms with Crippen molar-refractivity contribution in [3.8, 4) is 0 Å². The summed E-state index contributed by atoms with van der Waals surface area (Å²) in [5.41, 5.74) is 1.17. The Balaban J connectivity index is 2.09. The van der Waals surface area contributed by atoms with Crippen molar-refractivity contribution in [2.24, 2.45) is 0 Å². The standard InChI is InChI=1S/C14H16FN3O2S/c1-16-8-11-6-7-14(17-9-11)21(19,20)18-10-12-4-2-3-5-13(12)15/h2-7,9,16,18H,8,10H2,1H3. The van der Waals surface area contributed by atoms with Crippen LogP contribution >= 0.6 is 0 Å². The lowest BCUT2D eigenvalue weighted by Gasteiger charge is -2.07. The molecule has 0 atom stereocenters. The first-order valence-electron chi connectivity index (χ1n) is 6.35. The number of halogens is 1. The molecule has 2 N–H and O–H groups in total. The maximum absolute atomic E-state index is 13.4. The minimum absolute atomic E-state index is 0.0845. The molecule has 21 heavy (non-hydrogen) atoms. The van der Waals surface area contributed by atoms with Gasteiger partial charge in [0.2, 0.25) is 0 Å². The maximum Gasteiger partial charge on any atom is 0.258 e. The molecule has 2 aromatic rings. The van der Waals surface area contributed by atoms with Crippen molar-refractivity contribution in [3.05, 3.63) is 59.5 Å². The Kier molecular flexibility index (Phi) is 5.00. The fraction of sp³-hybridized carbons (Fsp3) is 0.214. The molecule has 0 amide bonds. The second-order valence-electron chi connectivity index (χ2n) is 4.45. The van der Waals surface area contributed by atoms with Crippen LogP contribution in [0.2, 0.25) is 0 Å². The molecule has 0 aliphatic rings. The third-order valence-corrected chi connectivity index (χ3v) is 4.18. The average molecular weight is 309 g/mol. The van der Waals surface area contributed by atoms with Crippen molar-refractivity contribution >= 4 is 10.0 Å². The molecule has 5 nitrogen and oxygen atoms in total. The first-order chi connectivity index (χ1) is 10.0. The fourth-order valence-electron chi connectivity index (χ4n) is 1.77. The molecule has 0 unspecified atom stereocenters. The summed E-state index contributed by atoms with van der Waals surface area (Å²) in [6, 6.07) is 9.13. The minimum Gasteiger partial charge on any atom is -0.316 e. The van der Waals surface area contributed by atoms with Crippen LogP contribution in [0.25, 0.3) is 0 Å². The van der Waals surface area contributed by atoms with Gasteiger partial charge in [-0.3, -0.25) is 0 Å². The van der Waals surface area contributed by atoms with Gasteiger partial charge in [0.1, 0.15) is 5.82 Å². The van der Waals surface area contributed by atoms with Gasteiger partial charge < -0.3 is 5.32 Å². The quantitative estimate of drug-likeness (QED) is 0.846. The summed E-state index contributed by atoms with van der Waals surface area (Å²) in [6.07, 6.45) is 1.49. The summed E-state index contributed by atoms with van der Waals surface area (Å²) in [4.78, 5) is 3.92. The molecule has 1 aromatic carbocycles. The number of nitrogens with zero attached hydrogens (tertiary/aromatic N) is 1. The van der Waals surface area contributed by atoms with E-state index in [0.29, 0.717) is 6.54 Å². The second-order valence-corrected chi connectivity index (χ2v) is 6.16. The molecular formula is C14H16FN3O2S. The van der Waals surface area contributed by atoms with E-state index in [1.54, 1.807) is 25.2 Å². The summed E-state index contributed by atoms with van der Waals surface area (Å²) in [5, 5.41) is 2.86. The van der Waals surface area contributed by atoms with Crippen molar-refractivity contribution in [2.45, 2.75) is 18.1 Å². The fourth-order valence-corrected chi connectivity index (χ4v) is 2.70. The summed E-state index contributed by atoms with van der Waals surface area (Å²) >= 11 is 0. The highest BCUT2D eigenvalue weighted by atomic mass is 32.2. The van der Waals surface area contributed by atoms with E-state index in [4.69, 9.17) is 0 Å². The van der Waals surface area contributed by atoms with Gasteiger partial charge in [0.05, 0.1) is 0 Å².